The van der Waals surface area contributed by atoms with Crippen LogP contribution in [0.1, 0.15) is 11.6 Å². The third-order valence-corrected chi connectivity index (χ3v) is 1.79. The molecule has 14 heavy (non-hydrogen) atoms. The van der Waals surface area contributed by atoms with Gasteiger partial charge in [0.1, 0.15) is 0 Å². The fraction of sp³-hybridized carbons (Fsp3) is 0.400. The largest absolute Gasteiger partial charge is 3.00 e. The van der Waals surface area contributed by atoms with Crippen LogP contribution in [0.25, 0.3) is 0 Å². The van der Waals surface area contributed by atoms with Crippen molar-refractivity contribution in [3.63, 3.8) is 0 Å². The zero-order chi connectivity index (χ0) is 8.97. The number of nitrogens with two attached hydrogens (primary N) is 1. The van der Waals surface area contributed by atoms with Gasteiger partial charge >= 0.3 is 19.5 Å². The van der Waals surface area contributed by atoms with Gasteiger partial charge in [-0.3, -0.25) is 0 Å². The third kappa shape index (κ3) is 5.71. The van der Waals surface area contributed by atoms with Gasteiger partial charge in [0.05, 0.1) is 0 Å². The zero-order valence-corrected chi connectivity index (χ0v) is 10.9. The number of hydrogen-bond acceptors (Lipinski definition) is 2. The van der Waals surface area contributed by atoms with Crippen LogP contribution in [0.4, 0.5) is 0 Å². The maximum atomic E-state index is 5.95. The maximum absolute atomic E-state index is 5.95. The van der Waals surface area contributed by atoms with Crippen molar-refractivity contribution < 1.29 is 31.9 Å². The molecule has 0 aliphatic rings. The Balaban J connectivity index is 0. The molecule has 2 N–H and O–H groups in total. The molecule has 0 aliphatic carbocycles. The quantitative estimate of drug-likeness (QED) is 0.671. The van der Waals surface area contributed by atoms with Crippen molar-refractivity contribution in [2.24, 2.45) is 5.73 Å². The number of hydrogen-bond donors (Lipinski definition) is 1. The summed E-state index contributed by atoms with van der Waals surface area (Å²) in [4.78, 5) is 2.09. The predicted molar refractivity (Wildman–Crippen MR) is 51.9 cm³/mol. The van der Waals surface area contributed by atoms with Crippen molar-refractivity contribution in [2.45, 2.75) is 6.04 Å². The number of nitrogens with zero attached hydrogens (tertiary/aromatic N) is 1. The summed E-state index contributed by atoms with van der Waals surface area (Å²) in [6, 6.07) is 10.3. The fourth-order valence-electron chi connectivity index (χ4n) is 1.20. The van der Waals surface area contributed by atoms with E-state index in [1.807, 2.05) is 32.3 Å². The van der Waals surface area contributed by atoms with Crippen LogP contribution in [0.2, 0.25) is 0 Å². The van der Waals surface area contributed by atoms with Gasteiger partial charge in [-0.1, -0.05) is 30.3 Å². The molecule has 2 nitrogen and oxygen atoms in total. The predicted octanol–water partition coefficient (Wildman–Crippen LogP) is -1.75. The Labute approximate surface area is 105 Å². The van der Waals surface area contributed by atoms with Crippen LogP contribution in [0.5, 0.6) is 0 Å². The molecule has 0 aromatic heterocycles. The summed E-state index contributed by atoms with van der Waals surface area (Å²) in [6.45, 7) is 0.893. The monoisotopic (exact) mass is 301 g/mol. The molecule has 1 atom stereocenters. The average Bonchev–Trinajstić information content (AvgIpc) is 2.05. The van der Waals surface area contributed by atoms with Gasteiger partial charge in [-0.15, -0.1) is 0 Å². The minimum atomic E-state index is 0. The third-order valence-electron chi connectivity index (χ3n) is 1.79. The summed E-state index contributed by atoms with van der Waals surface area (Å²) in [5, 5.41) is 0. The second-order valence-corrected chi connectivity index (χ2v) is 3.28. The zero-order valence-electron chi connectivity index (χ0n) is 8.43. The smallest absolute Gasteiger partial charge is 1.00 e. The van der Waals surface area contributed by atoms with Gasteiger partial charge in [0, 0.05) is 12.6 Å². The molecule has 0 unspecified atom stereocenters. The van der Waals surface area contributed by atoms with E-state index in [-0.39, 0.29) is 37.9 Å². The van der Waals surface area contributed by atoms with Crippen molar-refractivity contribution in [1.82, 2.24) is 4.90 Å². The molecule has 79 valence electrons. The molecule has 0 amide bonds. The Kier molecular flexibility index (Phi) is 9.85. The first-order valence-electron chi connectivity index (χ1n) is 4.15. The minimum Gasteiger partial charge on any atom is -1.00 e. The SMILES string of the molecule is CN(C)C[C@H](N)c1ccccc1.[Cl-].[Ru+3]. The number of benzene rings is 1. The summed E-state index contributed by atoms with van der Waals surface area (Å²) in [5.74, 6) is 0. The molecule has 1 radical (unpaired) electrons. The Bertz CT molecular complexity index is 229. The van der Waals surface area contributed by atoms with Gasteiger partial charge in [0.15, 0.2) is 0 Å². The van der Waals surface area contributed by atoms with Crippen LogP contribution < -0.4 is 18.1 Å². The van der Waals surface area contributed by atoms with E-state index < -0.39 is 0 Å². The van der Waals surface area contributed by atoms with Gasteiger partial charge in [-0.25, -0.2) is 0 Å². The second kappa shape index (κ2) is 8.37. The second-order valence-electron chi connectivity index (χ2n) is 3.28. The number of rotatable bonds is 3. The topological polar surface area (TPSA) is 29.3 Å². The van der Waals surface area contributed by atoms with Crippen molar-refractivity contribution in [3.05, 3.63) is 35.9 Å². The van der Waals surface area contributed by atoms with E-state index in [2.05, 4.69) is 17.0 Å². The molecule has 1 aromatic carbocycles. The van der Waals surface area contributed by atoms with Crippen molar-refractivity contribution >= 4 is 0 Å². The van der Waals surface area contributed by atoms with E-state index in [9.17, 15) is 0 Å². The molecule has 0 spiro atoms. The Morgan fingerprint density at radius 1 is 1.21 bits per heavy atom. The van der Waals surface area contributed by atoms with E-state index in [1.54, 1.807) is 0 Å². The molecule has 1 rings (SSSR count). The minimum absolute atomic E-state index is 0. The molecule has 0 bridgehead atoms. The van der Waals surface area contributed by atoms with E-state index in [4.69, 9.17) is 5.73 Å². The van der Waals surface area contributed by atoms with Crippen LogP contribution in [0.15, 0.2) is 30.3 Å². The van der Waals surface area contributed by atoms with E-state index in [0.29, 0.717) is 0 Å². The molecule has 1 aromatic rings. The summed E-state index contributed by atoms with van der Waals surface area (Å²) < 4.78 is 0. The standard InChI is InChI=1S/C10H16N2.ClH.Ru/c1-12(2)8-10(11)9-6-4-3-5-7-9;;/h3-7,10H,8,11H2,1-2H3;1H;/q;;+3/p-1/t10-;;/m0../s1. The molecular formula is C10H16ClN2Ru+2. The molecule has 0 saturated carbocycles. The summed E-state index contributed by atoms with van der Waals surface area (Å²) >= 11 is 0. The van der Waals surface area contributed by atoms with Crippen LogP contribution in [-0.2, 0) is 19.5 Å². The molecule has 0 saturated heterocycles. The maximum Gasteiger partial charge on any atom is 3.00 e. The Morgan fingerprint density at radius 2 is 1.71 bits per heavy atom. The van der Waals surface area contributed by atoms with Crippen molar-refractivity contribution in [3.8, 4) is 0 Å². The molecule has 0 heterocycles. The van der Waals surface area contributed by atoms with Crippen LogP contribution in [-0.4, -0.2) is 25.5 Å². The van der Waals surface area contributed by atoms with Crippen LogP contribution >= 0.6 is 0 Å². The van der Waals surface area contributed by atoms with E-state index in [1.165, 1.54) is 5.56 Å². The van der Waals surface area contributed by atoms with E-state index in [0.717, 1.165) is 6.54 Å². The first-order valence-corrected chi connectivity index (χ1v) is 4.15. The van der Waals surface area contributed by atoms with Gasteiger partial charge in [0.25, 0.3) is 0 Å². The first-order chi connectivity index (χ1) is 5.70. The van der Waals surface area contributed by atoms with E-state index >= 15 is 0 Å². The summed E-state index contributed by atoms with van der Waals surface area (Å²) in [7, 11) is 4.06. The molecule has 4 heteroatoms. The Hall–Kier alpha value is 0.0534. The fourth-order valence-corrected chi connectivity index (χ4v) is 1.20. The summed E-state index contributed by atoms with van der Waals surface area (Å²) in [6.07, 6.45) is 0. The van der Waals surface area contributed by atoms with Crippen LogP contribution in [0.3, 0.4) is 0 Å². The number of halogens is 1. The van der Waals surface area contributed by atoms with Crippen molar-refractivity contribution in [2.75, 3.05) is 20.6 Å². The first kappa shape index (κ1) is 16.5. The molecule has 0 fully saturated rings. The average molecular weight is 301 g/mol. The molecular weight excluding hydrogens is 285 g/mol. The molecule has 0 aliphatic heterocycles. The van der Waals surface area contributed by atoms with Gasteiger partial charge in [-0.05, 0) is 19.7 Å². The van der Waals surface area contributed by atoms with Gasteiger partial charge in [-0.2, -0.15) is 0 Å². The van der Waals surface area contributed by atoms with Gasteiger partial charge in [0.2, 0.25) is 0 Å². The summed E-state index contributed by atoms with van der Waals surface area (Å²) in [5.41, 5.74) is 7.15. The normalized spacial score (nSPS) is 11.4. The van der Waals surface area contributed by atoms with Gasteiger partial charge < -0.3 is 23.0 Å². The van der Waals surface area contributed by atoms with Crippen LogP contribution in [0, 0.1) is 0 Å². The Morgan fingerprint density at radius 3 is 2.14 bits per heavy atom. The number of likely N-dealkylation sites (N-methyl/N-ethyl adjacent to an activating group) is 1. The van der Waals surface area contributed by atoms with Crippen molar-refractivity contribution in [1.29, 1.82) is 0 Å².